The molecule has 0 aliphatic carbocycles. The molecule has 0 radical (unpaired) electrons. The van der Waals surface area contributed by atoms with E-state index in [9.17, 15) is 0 Å². The standard InChI is InChI=1S/C15H20N4O/c1-12(18(2)10-11-20)15-17-13-6-3-4-7-14(13)19(15)9-5-8-16/h3-4,6-7,12,20H,5,9-11H2,1-2H3. The number of benzene rings is 1. The molecule has 1 aromatic carbocycles. The highest BCUT2D eigenvalue weighted by molar-refractivity contribution is 5.76. The Labute approximate surface area is 119 Å². The van der Waals surface area contributed by atoms with Gasteiger partial charge in [-0.3, -0.25) is 4.90 Å². The molecule has 0 bridgehead atoms. The van der Waals surface area contributed by atoms with E-state index in [4.69, 9.17) is 15.4 Å². The third-order valence-electron chi connectivity index (χ3n) is 3.62. The zero-order chi connectivity index (χ0) is 14.5. The number of hydrogen-bond donors (Lipinski definition) is 1. The fourth-order valence-corrected chi connectivity index (χ4v) is 2.36. The molecule has 0 aliphatic rings. The van der Waals surface area contributed by atoms with E-state index in [1.165, 1.54) is 0 Å². The van der Waals surface area contributed by atoms with Gasteiger partial charge < -0.3 is 9.67 Å². The van der Waals surface area contributed by atoms with E-state index in [1.54, 1.807) is 0 Å². The normalized spacial score (nSPS) is 12.8. The molecule has 0 saturated heterocycles. The first-order valence-corrected chi connectivity index (χ1v) is 6.82. The van der Waals surface area contributed by atoms with Gasteiger partial charge in [0.1, 0.15) is 5.82 Å². The van der Waals surface area contributed by atoms with Crippen molar-refractivity contribution in [3.8, 4) is 6.07 Å². The maximum Gasteiger partial charge on any atom is 0.127 e. The van der Waals surface area contributed by atoms with Crippen LogP contribution in [0.4, 0.5) is 0 Å². The minimum Gasteiger partial charge on any atom is -0.395 e. The van der Waals surface area contributed by atoms with Crippen molar-refractivity contribution < 1.29 is 5.11 Å². The molecule has 0 amide bonds. The lowest BCUT2D eigenvalue weighted by atomic mass is 10.2. The Kier molecular flexibility index (Phi) is 4.72. The molecule has 1 N–H and O–H groups in total. The number of rotatable bonds is 6. The highest BCUT2D eigenvalue weighted by atomic mass is 16.3. The molecule has 0 saturated carbocycles. The number of aliphatic hydroxyl groups is 1. The van der Waals surface area contributed by atoms with Crippen molar-refractivity contribution in [1.82, 2.24) is 14.5 Å². The van der Waals surface area contributed by atoms with Crippen molar-refractivity contribution in [3.05, 3.63) is 30.1 Å². The monoisotopic (exact) mass is 272 g/mol. The summed E-state index contributed by atoms with van der Waals surface area (Å²) in [6.07, 6.45) is 0.462. The van der Waals surface area contributed by atoms with Crippen LogP contribution in [0.2, 0.25) is 0 Å². The second-order valence-corrected chi connectivity index (χ2v) is 4.90. The summed E-state index contributed by atoms with van der Waals surface area (Å²) in [4.78, 5) is 6.76. The Morgan fingerprint density at radius 3 is 2.90 bits per heavy atom. The Morgan fingerprint density at radius 2 is 2.20 bits per heavy atom. The number of aliphatic hydroxyl groups excluding tert-OH is 1. The molecule has 106 valence electrons. The Bertz CT molecular complexity index is 614. The molecule has 1 atom stereocenters. The van der Waals surface area contributed by atoms with Gasteiger partial charge in [0.05, 0.1) is 36.2 Å². The molecule has 2 aromatic rings. The van der Waals surface area contributed by atoms with Gasteiger partial charge in [-0.1, -0.05) is 12.1 Å². The van der Waals surface area contributed by atoms with Gasteiger partial charge in [0.2, 0.25) is 0 Å². The van der Waals surface area contributed by atoms with E-state index < -0.39 is 0 Å². The van der Waals surface area contributed by atoms with Gasteiger partial charge in [0.25, 0.3) is 0 Å². The highest BCUT2D eigenvalue weighted by Gasteiger charge is 2.19. The molecule has 2 rings (SSSR count). The van der Waals surface area contributed by atoms with Crippen molar-refractivity contribution >= 4 is 11.0 Å². The van der Waals surface area contributed by atoms with Crippen LogP contribution < -0.4 is 0 Å². The van der Waals surface area contributed by atoms with Crippen molar-refractivity contribution in [1.29, 1.82) is 5.26 Å². The van der Waals surface area contributed by atoms with Gasteiger partial charge in [-0.05, 0) is 26.1 Å². The van der Waals surface area contributed by atoms with E-state index >= 15 is 0 Å². The first kappa shape index (κ1) is 14.5. The number of aromatic nitrogens is 2. The van der Waals surface area contributed by atoms with Gasteiger partial charge >= 0.3 is 0 Å². The second kappa shape index (κ2) is 6.51. The minimum atomic E-state index is 0.0910. The first-order chi connectivity index (χ1) is 9.69. The predicted octanol–water partition coefficient (Wildman–Crippen LogP) is 1.94. The van der Waals surface area contributed by atoms with Crippen molar-refractivity contribution in [2.45, 2.75) is 25.9 Å². The molecule has 5 heteroatoms. The number of imidazole rings is 1. The number of para-hydroxylation sites is 2. The third-order valence-corrected chi connectivity index (χ3v) is 3.62. The summed E-state index contributed by atoms with van der Waals surface area (Å²) < 4.78 is 2.11. The molecule has 0 aliphatic heterocycles. The van der Waals surface area contributed by atoms with Crippen LogP contribution in [0.5, 0.6) is 0 Å². The van der Waals surface area contributed by atoms with Crippen LogP contribution in [0, 0.1) is 11.3 Å². The van der Waals surface area contributed by atoms with E-state index in [0.29, 0.717) is 19.5 Å². The number of nitriles is 1. The fraction of sp³-hybridized carbons (Fsp3) is 0.467. The zero-order valence-corrected chi connectivity index (χ0v) is 12.0. The number of aryl methyl sites for hydroxylation is 1. The van der Waals surface area contributed by atoms with Crippen LogP contribution in [0.15, 0.2) is 24.3 Å². The van der Waals surface area contributed by atoms with Gasteiger partial charge in [0.15, 0.2) is 0 Å². The van der Waals surface area contributed by atoms with Crippen LogP contribution in [0.25, 0.3) is 11.0 Å². The first-order valence-electron chi connectivity index (χ1n) is 6.82. The molecule has 1 unspecified atom stereocenters. The Hall–Kier alpha value is -1.90. The number of likely N-dealkylation sites (N-methyl/N-ethyl adjacent to an activating group) is 1. The smallest absolute Gasteiger partial charge is 0.127 e. The fourth-order valence-electron chi connectivity index (χ4n) is 2.36. The number of fused-ring (bicyclic) bond motifs is 1. The van der Waals surface area contributed by atoms with Crippen LogP contribution in [-0.2, 0) is 6.54 Å². The van der Waals surface area contributed by atoms with Crippen LogP contribution in [0.1, 0.15) is 25.2 Å². The molecular weight excluding hydrogens is 252 g/mol. The summed E-state index contributed by atoms with van der Waals surface area (Å²) in [5, 5.41) is 17.9. The molecule has 1 heterocycles. The lowest BCUT2D eigenvalue weighted by Gasteiger charge is -2.24. The summed E-state index contributed by atoms with van der Waals surface area (Å²) in [5.74, 6) is 0.942. The summed E-state index contributed by atoms with van der Waals surface area (Å²) in [7, 11) is 1.97. The highest BCUT2D eigenvalue weighted by Crippen LogP contribution is 2.24. The molecule has 5 nitrogen and oxygen atoms in total. The van der Waals surface area contributed by atoms with Crippen LogP contribution >= 0.6 is 0 Å². The van der Waals surface area contributed by atoms with Crippen LogP contribution in [0.3, 0.4) is 0 Å². The van der Waals surface area contributed by atoms with Crippen molar-refractivity contribution in [3.63, 3.8) is 0 Å². The van der Waals surface area contributed by atoms with Gasteiger partial charge in [0, 0.05) is 13.1 Å². The molecular formula is C15H20N4O. The summed E-state index contributed by atoms with van der Waals surface area (Å²) in [6.45, 7) is 3.44. The average Bonchev–Trinajstić information content (AvgIpc) is 2.83. The number of hydrogen-bond acceptors (Lipinski definition) is 4. The van der Waals surface area contributed by atoms with Crippen LogP contribution in [-0.4, -0.2) is 39.8 Å². The van der Waals surface area contributed by atoms with E-state index in [-0.39, 0.29) is 12.6 Å². The van der Waals surface area contributed by atoms with Gasteiger partial charge in [-0.25, -0.2) is 4.98 Å². The lowest BCUT2D eigenvalue weighted by molar-refractivity contribution is 0.182. The minimum absolute atomic E-state index is 0.0910. The molecule has 0 spiro atoms. The SMILES string of the molecule is CC(c1nc2ccccc2n1CCC#N)N(C)CCO. The summed E-state index contributed by atoms with van der Waals surface area (Å²) in [6, 6.07) is 10.2. The second-order valence-electron chi connectivity index (χ2n) is 4.90. The molecule has 20 heavy (non-hydrogen) atoms. The van der Waals surface area contributed by atoms with Crippen molar-refractivity contribution in [2.24, 2.45) is 0 Å². The maximum absolute atomic E-state index is 9.07. The third kappa shape index (κ3) is 2.82. The van der Waals surface area contributed by atoms with E-state index in [0.717, 1.165) is 16.9 Å². The van der Waals surface area contributed by atoms with Crippen molar-refractivity contribution in [2.75, 3.05) is 20.2 Å². The molecule has 0 fully saturated rings. The largest absolute Gasteiger partial charge is 0.395 e. The summed E-state index contributed by atoms with van der Waals surface area (Å²) >= 11 is 0. The van der Waals surface area contributed by atoms with Gasteiger partial charge in [-0.2, -0.15) is 5.26 Å². The molecule has 1 aromatic heterocycles. The van der Waals surface area contributed by atoms with Gasteiger partial charge in [-0.15, -0.1) is 0 Å². The summed E-state index contributed by atoms with van der Waals surface area (Å²) in [5.41, 5.74) is 2.01. The average molecular weight is 272 g/mol. The zero-order valence-electron chi connectivity index (χ0n) is 12.0. The van der Waals surface area contributed by atoms with E-state index in [1.807, 2.05) is 31.3 Å². The Balaban J connectivity index is 2.43. The lowest BCUT2D eigenvalue weighted by Crippen LogP contribution is -2.27. The topological polar surface area (TPSA) is 65.1 Å². The quantitative estimate of drug-likeness (QED) is 0.872. The maximum atomic E-state index is 9.07. The van der Waals surface area contributed by atoms with E-state index in [2.05, 4.69) is 22.5 Å². The number of nitrogens with zero attached hydrogens (tertiary/aromatic N) is 4. The predicted molar refractivity (Wildman–Crippen MR) is 78.1 cm³/mol. The Morgan fingerprint density at radius 1 is 1.45 bits per heavy atom.